The molecule has 0 unspecified atom stereocenters. The number of carbonyl (C=O) groups is 1. The second-order valence-corrected chi connectivity index (χ2v) is 5.80. The van der Waals surface area contributed by atoms with Crippen molar-refractivity contribution in [3.8, 4) is 0 Å². The molecule has 6 heteroatoms. The second-order valence-electron chi connectivity index (χ2n) is 3.51. The summed E-state index contributed by atoms with van der Waals surface area (Å²) in [6.45, 7) is 0.491. The molecule has 0 aliphatic carbocycles. The third kappa shape index (κ3) is 3.73. The van der Waals surface area contributed by atoms with Crippen molar-refractivity contribution in [3.05, 3.63) is 50.1 Å². The van der Waals surface area contributed by atoms with Crippen molar-refractivity contribution in [2.75, 3.05) is 5.32 Å². The van der Waals surface area contributed by atoms with Gasteiger partial charge in [-0.1, -0.05) is 17.7 Å². The number of thiophene rings is 1. The van der Waals surface area contributed by atoms with Crippen LogP contribution < -0.4 is 10.6 Å². The third-order valence-corrected chi connectivity index (χ3v) is 4.34. The quantitative estimate of drug-likeness (QED) is 0.845. The van der Waals surface area contributed by atoms with E-state index < -0.39 is 0 Å². The van der Waals surface area contributed by atoms with Gasteiger partial charge in [0.15, 0.2) is 0 Å². The van der Waals surface area contributed by atoms with Crippen LogP contribution in [0.15, 0.2) is 40.2 Å². The Morgan fingerprint density at radius 3 is 2.89 bits per heavy atom. The van der Waals surface area contributed by atoms with Crippen LogP contribution in [0.4, 0.5) is 10.5 Å². The Morgan fingerprint density at radius 2 is 2.22 bits per heavy atom. The van der Waals surface area contributed by atoms with Crippen LogP contribution >= 0.6 is 38.9 Å². The summed E-state index contributed by atoms with van der Waals surface area (Å²) >= 11 is 10.8. The lowest BCUT2D eigenvalue weighted by atomic mass is 10.3. The number of amides is 2. The Kier molecular flexibility index (Phi) is 4.63. The van der Waals surface area contributed by atoms with Crippen LogP contribution in [0.5, 0.6) is 0 Å². The van der Waals surface area contributed by atoms with E-state index in [0.717, 1.165) is 9.35 Å². The first-order valence-electron chi connectivity index (χ1n) is 5.17. The summed E-state index contributed by atoms with van der Waals surface area (Å²) in [6.07, 6.45) is 0. The Labute approximate surface area is 122 Å². The molecule has 0 bridgehead atoms. The average molecular weight is 346 g/mol. The van der Waals surface area contributed by atoms with E-state index in [1.165, 1.54) is 0 Å². The molecule has 2 amide bonds. The normalized spacial score (nSPS) is 10.1. The van der Waals surface area contributed by atoms with Crippen molar-refractivity contribution < 1.29 is 4.79 Å². The Hall–Kier alpha value is -1.04. The Morgan fingerprint density at radius 1 is 1.39 bits per heavy atom. The number of hydrogen-bond donors (Lipinski definition) is 2. The number of anilines is 1. The standard InChI is InChI=1S/C12H10BrClN2OS/c13-10-4-5-18-11(10)7-15-12(17)16-9-3-1-2-8(14)6-9/h1-6H,7H2,(H2,15,16,17). The van der Waals surface area contributed by atoms with Crippen LogP contribution in [0, 0.1) is 0 Å². The zero-order valence-electron chi connectivity index (χ0n) is 9.24. The number of urea groups is 1. The third-order valence-electron chi connectivity index (χ3n) is 2.18. The van der Waals surface area contributed by atoms with Crippen molar-refractivity contribution in [3.63, 3.8) is 0 Å². The van der Waals surface area contributed by atoms with E-state index in [1.54, 1.807) is 35.6 Å². The minimum atomic E-state index is -0.252. The van der Waals surface area contributed by atoms with Crippen LogP contribution in [0.25, 0.3) is 0 Å². The number of hydrogen-bond acceptors (Lipinski definition) is 2. The first-order valence-corrected chi connectivity index (χ1v) is 7.22. The maximum absolute atomic E-state index is 11.7. The first-order chi connectivity index (χ1) is 8.65. The van der Waals surface area contributed by atoms with E-state index >= 15 is 0 Å². The molecule has 1 aromatic carbocycles. The summed E-state index contributed by atoms with van der Waals surface area (Å²) in [5.74, 6) is 0. The van der Waals surface area contributed by atoms with Gasteiger partial charge in [0.2, 0.25) is 0 Å². The molecule has 3 nitrogen and oxygen atoms in total. The van der Waals surface area contributed by atoms with E-state index in [0.29, 0.717) is 17.3 Å². The second kappa shape index (κ2) is 6.22. The molecule has 1 aromatic heterocycles. The van der Waals surface area contributed by atoms with Gasteiger partial charge in [0.1, 0.15) is 0 Å². The fraction of sp³-hybridized carbons (Fsp3) is 0.0833. The predicted octanol–water partition coefficient (Wildman–Crippen LogP) is 4.49. The molecule has 0 radical (unpaired) electrons. The first kappa shape index (κ1) is 13.4. The summed E-state index contributed by atoms with van der Waals surface area (Å²) in [5, 5.41) is 8.06. The maximum atomic E-state index is 11.7. The molecule has 94 valence electrons. The van der Waals surface area contributed by atoms with Crippen molar-refractivity contribution in [1.29, 1.82) is 0 Å². The Balaban J connectivity index is 1.88. The molecular weight excluding hydrogens is 336 g/mol. The van der Waals surface area contributed by atoms with E-state index in [-0.39, 0.29) is 6.03 Å². The van der Waals surface area contributed by atoms with Crippen molar-refractivity contribution in [2.45, 2.75) is 6.54 Å². The smallest absolute Gasteiger partial charge is 0.319 e. The molecule has 0 aliphatic rings. The fourth-order valence-electron chi connectivity index (χ4n) is 1.35. The highest BCUT2D eigenvalue weighted by Gasteiger charge is 2.05. The molecular formula is C12H10BrClN2OS. The monoisotopic (exact) mass is 344 g/mol. The molecule has 1 heterocycles. The van der Waals surface area contributed by atoms with E-state index in [1.807, 2.05) is 11.4 Å². The zero-order valence-corrected chi connectivity index (χ0v) is 12.4. The molecule has 0 atom stereocenters. The number of halogens is 2. The molecule has 2 aromatic rings. The lowest BCUT2D eigenvalue weighted by Crippen LogP contribution is -2.27. The molecule has 2 N–H and O–H groups in total. The van der Waals surface area contributed by atoms with Gasteiger partial charge in [-0.3, -0.25) is 0 Å². The lowest BCUT2D eigenvalue weighted by Gasteiger charge is -2.07. The number of benzene rings is 1. The lowest BCUT2D eigenvalue weighted by molar-refractivity contribution is 0.252. The van der Waals surface area contributed by atoms with Gasteiger partial charge in [-0.15, -0.1) is 11.3 Å². The topological polar surface area (TPSA) is 41.1 Å². The highest BCUT2D eigenvalue weighted by atomic mass is 79.9. The van der Waals surface area contributed by atoms with Crippen molar-refractivity contribution in [1.82, 2.24) is 5.32 Å². The van der Waals surface area contributed by atoms with Gasteiger partial charge in [0.25, 0.3) is 0 Å². The summed E-state index contributed by atoms with van der Waals surface area (Å²) in [7, 11) is 0. The minimum absolute atomic E-state index is 0.252. The predicted molar refractivity (Wildman–Crippen MR) is 79.3 cm³/mol. The van der Waals surface area contributed by atoms with Gasteiger partial charge in [0, 0.05) is 20.1 Å². The molecule has 0 spiro atoms. The Bertz CT molecular complexity index is 559. The fourth-order valence-corrected chi connectivity index (χ4v) is 2.98. The minimum Gasteiger partial charge on any atom is -0.333 e. The molecule has 0 aliphatic heterocycles. The van der Waals surface area contributed by atoms with Crippen molar-refractivity contribution >= 4 is 50.6 Å². The highest BCUT2D eigenvalue weighted by molar-refractivity contribution is 9.10. The van der Waals surface area contributed by atoms with Crippen LogP contribution in [0.3, 0.4) is 0 Å². The van der Waals surface area contributed by atoms with Crippen LogP contribution in [-0.4, -0.2) is 6.03 Å². The molecule has 2 rings (SSSR count). The van der Waals surface area contributed by atoms with E-state index in [4.69, 9.17) is 11.6 Å². The molecule has 0 saturated carbocycles. The van der Waals surface area contributed by atoms with Crippen LogP contribution in [0.1, 0.15) is 4.88 Å². The van der Waals surface area contributed by atoms with E-state index in [2.05, 4.69) is 26.6 Å². The van der Waals surface area contributed by atoms with Gasteiger partial charge in [-0.2, -0.15) is 0 Å². The van der Waals surface area contributed by atoms with Gasteiger partial charge < -0.3 is 10.6 Å². The summed E-state index contributed by atoms with van der Waals surface area (Å²) < 4.78 is 1.01. The van der Waals surface area contributed by atoms with Gasteiger partial charge in [-0.05, 0) is 45.6 Å². The molecule has 0 saturated heterocycles. The SMILES string of the molecule is O=C(NCc1sccc1Br)Nc1cccc(Cl)c1. The van der Waals surface area contributed by atoms with Gasteiger partial charge in [0.05, 0.1) is 6.54 Å². The summed E-state index contributed by atoms with van der Waals surface area (Å²) in [5.41, 5.74) is 0.672. The van der Waals surface area contributed by atoms with Crippen LogP contribution in [-0.2, 0) is 6.54 Å². The number of nitrogens with one attached hydrogen (secondary N) is 2. The number of rotatable bonds is 3. The zero-order chi connectivity index (χ0) is 13.0. The van der Waals surface area contributed by atoms with Gasteiger partial charge >= 0.3 is 6.03 Å². The number of carbonyl (C=O) groups excluding carboxylic acids is 1. The van der Waals surface area contributed by atoms with Crippen LogP contribution in [0.2, 0.25) is 5.02 Å². The van der Waals surface area contributed by atoms with Gasteiger partial charge in [-0.25, -0.2) is 4.79 Å². The largest absolute Gasteiger partial charge is 0.333 e. The summed E-state index contributed by atoms with van der Waals surface area (Å²) in [4.78, 5) is 12.7. The highest BCUT2D eigenvalue weighted by Crippen LogP contribution is 2.22. The summed E-state index contributed by atoms with van der Waals surface area (Å²) in [6, 6.07) is 8.73. The average Bonchev–Trinajstić information content (AvgIpc) is 2.72. The maximum Gasteiger partial charge on any atom is 0.319 e. The molecule has 0 fully saturated rings. The molecule has 18 heavy (non-hydrogen) atoms. The van der Waals surface area contributed by atoms with E-state index in [9.17, 15) is 4.79 Å². The van der Waals surface area contributed by atoms with Crippen molar-refractivity contribution in [2.24, 2.45) is 0 Å².